The number of ether oxygens (including phenoxy) is 2. The lowest BCUT2D eigenvalue weighted by Gasteiger charge is -2.18. The lowest BCUT2D eigenvalue weighted by molar-refractivity contribution is 0.0715. The zero-order chi connectivity index (χ0) is 8.97. The molecule has 0 aromatic carbocycles. The molecule has 0 saturated carbocycles. The Hall–Kier alpha value is -0.770. The van der Waals surface area contributed by atoms with Crippen LogP contribution in [0.2, 0.25) is 0 Å². The molecule has 4 heteroatoms. The van der Waals surface area contributed by atoms with Gasteiger partial charge in [-0.05, 0) is 12.8 Å². The Kier molecular flexibility index (Phi) is 3.34. The molecule has 1 rings (SSSR count). The minimum absolute atomic E-state index is 0.203. The molecule has 1 heterocycles. The van der Waals surface area contributed by atoms with Gasteiger partial charge in [0, 0.05) is 20.2 Å². The van der Waals surface area contributed by atoms with E-state index in [0.29, 0.717) is 6.54 Å². The fourth-order valence-electron chi connectivity index (χ4n) is 1.32. The van der Waals surface area contributed by atoms with Gasteiger partial charge < -0.3 is 14.4 Å². The fraction of sp³-hybridized carbons (Fsp3) is 0.875. The smallest absolute Gasteiger partial charge is 0.409 e. The van der Waals surface area contributed by atoms with Crippen molar-refractivity contribution in [2.45, 2.75) is 18.9 Å². The van der Waals surface area contributed by atoms with Crippen molar-refractivity contribution in [3.63, 3.8) is 0 Å². The summed E-state index contributed by atoms with van der Waals surface area (Å²) in [5.74, 6) is 0. The van der Waals surface area contributed by atoms with Gasteiger partial charge in [0.05, 0.1) is 13.2 Å². The average molecular weight is 173 g/mol. The van der Waals surface area contributed by atoms with Gasteiger partial charge in [-0.1, -0.05) is 0 Å². The summed E-state index contributed by atoms with van der Waals surface area (Å²) in [6.07, 6.45) is 2.04. The Morgan fingerprint density at radius 3 is 3.00 bits per heavy atom. The molecule has 1 saturated heterocycles. The molecule has 12 heavy (non-hydrogen) atoms. The fourth-order valence-corrected chi connectivity index (χ4v) is 1.32. The molecule has 70 valence electrons. The molecule has 1 aliphatic heterocycles. The van der Waals surface area contributed by atoms with Crippen LogP contribution in [0.5, 0.6) is 0 Å². The summed E-state index contributed by atoms with van der Waals surface area (Å²) in [6.45, 7) is 1.45. The standard InChI is InChI=1S/C8H15NO3/c1-9(8(10)11-2)6-7-4-3-5-12-7/h7H,3-6H2,1-2H3. The van der Waals surface area contributed by atoms with Crippen molar-refractivity contribution in [2.24, 2.45) is 0 Å². The van der Waals surface area contributed by atoms with E-state index in [1.165, 1.54) is 12.0 Å². The lowest BCUT2D eigenvalue weighted by Crippen LogP contribution is -2.33. The minimum Gasteiger partial charge on any atom is -0.453 e. The molecule has 1 atom stereocenters. The van der Waals surface area contributed by atoms with Crippen molar-refractivity contribution in [3.8, 4) is 0 Å². The number of carbonyl (C=O) groups is 1. The number of carbonyl (C=O) groups excluding carboxylic acids is 1. The summed E-state index contributed by atoms with van der Waals surface area (Å²) < 4.78 is 9.92. The number of hydrogen-bond donors (Lipinski definition) is 0. The summed E-state index contributed by atoms with van der Waals surface area (Å²) in [5.41, 5.74) is 0. The highest BCUT2D eigenvalue weighted by atomic mass is 16.5. The van der Waals surface area contributed by atoms with Crippen LogP contribution in [0.4, 0.5) is 4.79 Å². The number of amides is 1. The van der Waals surface area contributed by atoms with Crippen LogP contribution in [-0.4, -0.2) is 44.4 Å². The van der Waals surface area contributed by atoms with Gasteiger partial charge in [-0.2, -0.15) is 0 Å². The summed E-state index contributed by atoms with van der Waals surface area (Å²) in [6, 6.07) is 0. The monoisotopic (exact) mass is 173 g/mol. The molecule has 4 nitrogen and oxygen atoms in total. The van der Waals surface area contributed by atoms with E-state index in [4.69, 9.17) is 4.74 Å². The molecule has 0 aromatic heterocycles. The molecule has 0 bridgehead atoms. The predicted octanol–water partition coefficient (Wildman–Crippen LogP) is 0.864. The van der Waals surface area contributed by atoms with Crippen LogP contribution in [0, 0.1) is 0 Å². The van der Waals surface area contributed by atoms with E-state index in [-0.39, 0.29) is 12.2 Å². The second kappa shape index (κ2) is 4.30. The summed E-state index contributed by atoms with van der Waals surface area (Å²) in [4.78, 5) is 12.5. The Morgan fingerprint density at radius 1 is 1.75 bits per heavy atom. The van der Waals surface area contributed by atoms with Gasteiger partial charge in [-0.3, -0.25) is 0 Å². The van der Waals surface area contributed by atoms with Crippen molar-refractivity contribution in [1.82, 2.24) is 4.90 Å². The molecule has 1 aliphatic rings. The molecule has 0 N–H and O–H groups in total. The molecular weight excluding hydrogens is 158 g/mol. The average Bonchev–Trinajstić information content (AvgIpc) is 2.55. The highest BCUT2D eigenvalue weighted by Gasteiger charge is 2.19. The van der Waals surface area contributed by atoms with E-state index < -0.39 is 0 Å². The maximum absolute atomic E-state index is 10.9. The second-order valence-electron chi connectivity index (χ2n) is 2.99. The molecule has 0 spiro atoms. The van der Waals surface area contributed by atoms with Crippen LogP contribution in [-0.2, 0) is 9.47 Å². The van der Waals surface area contributed by atoms with E-state index in [2.05, 4.69) is 4.74 Å². The van der Waals surface area contributed by atoms with E-state index >= 15 is 0 Å². The number of rotatable bonds is 2. The maximum atomic E-state index is 10.9. The predicted molar refractivity (Wildman–Crippen MR) is 44.0 cm³/mol. The zero-order valence-corrected chi connectivity index (χ0v) is 7.58. The second-order valence-corrected chi connectivity index (χ2v) is 2.99. The highest BCUT2D eigenvalue weighted by Crippen LogP contribution is 2.12. The van der Waals surface area contributed by atoms with Gasteiger partial charge in [-0.25, -0.2) is 4.79 Å². The summed E-state index contributed by atoms with van der Waals surface area (Å²) in [5, 5.41) is 0. The first-order valence-electron chi connectivity index (χ1n) is 4.14. The van der Waals surface area contributed by atoms with Crippen LogP contribution >= 0.6 is 0 Å². The summed E-state index contributed by atoms with van der Waals surface area (Å²) in [7, 11) is 3.10. The van der Waals surface area contributed by atoms with Crippen LogP contribution in [0.25, 0.3) is 0 Å². The van der Waals surface area contributed by atoms with Crippen LogP contribution in [0.15, 0.2) is 0 Å². The Bertz CT molecular complexity index is 154. The first-order valence-corrected chi connectivity index (χ1v) is 4.14. The van der Waals surface area contributed by atoms with Gasteiger partial charge in [0.1, 0.15) is 0 Å². The van der Waals surface area contributed by atoms with E-state index in [1.54, 1.807) is 7.05 Å². The van der Waals surface area contributed by atoms with Gasteiger partial charge in [0.25, 0.3) is 0 Å². The first kappa shape index (κ1) is 9.32. The molecule has 0 radical (unpaired) electrons. The molecule has 1 fully saturated rings. The minimum atomic E-state index is -0.300. The Morgan fingerprint density at radius 2 is 2.50 bits per heavy atom. The van der Waals surface area contributed by atoms with Crippen LogP contribution in [0.1, 0.15) is 12.8 Å². The number of nitrogens with zero attached hydrogens (tertiary/aromatic N) is 1. The first-order chi connectivity index (χ1) is 5.74. The third kappa shape index (κ3) is 2.37. The van der Waals surface area contributed by atoms with Crippen LogP contribution in [0.3, 0.4) is 0 Å². The Balaban J connectivity index is 2.24. The van der Waals surface area contributed by atoms with Crippen molar-refractivity contribution < 1.29 is 14.3 Å². The Labute approximate surface area is 72.4 Å². The molecular formula is C8H15NO3. The maximum Gasteiger partial charge on any atom is 0.409 e. The normalized spacial score (nSPS) is 22.3. The third-order valence-electron chi connectivity index (χ3n) is 1.99. The molecule has 1 unspecified atom stereocenters. The van der Waals surface area contributed by atoms with Crippen molar-refractivity contribution in [2.75, 3.05) is 27.3 Å². The lowest BCUT2D eigenvalue weighted by atomic mass is 10.2. The van der Waals surface area contributed by atoms with Gasteiger partial charge in [0.15, 0.2) is 0 Å². The van der Waals surface area contributed by atoms with Gasteiger partial charge >= 0.3 is 6.09 Å². The van der Waals surface area contributed by atoms with E-state index in [1.807, 2.05) is 0 Å². The largest absolute Gasteiger partial charge is 0.453 e. The van der Waals surface area contributed by atoms with Gasteiger partial charge in [0.2, 0.25) is 0 Å². The summed E-state index contributed by atoms with van der Waals surface area (Å²) >= 11 is 0. The molecule has 0 aromatic rings. The number of hydrogen-bond acceptors (Lipinski definition) is 3. The van der Waals surface area contributed by atoms with E-state index in [9.17, 15) is 4.79 Å². The third-order valence-corrected chi connectivity index (χ3v) is 1.99. The zero-order valence-electron chi connectivity index (χ0n) is 7.58. The number of methoxy groups -OCH3 is 1. The quantitative estimate of drug-likeness (QED) is 0.621. The van der Waals surface area contributed by atoms with Gasteiger partial charge in [-0.15, -0.1) is 0 Å². The molecule has 1 amide bonds. The highest BCUT2D eigenvalue weighted by molar-refractivity contribution is 5.66. The van der Waals surface area contributed by atoms with Crippen molar-refractivity contribution in [1.29, 1.82) is 0 Å². The van der Waals surface area contributed by atoms with Crippen molar-refractivity contribution in [3.05, 3.63) is 0 Å². The number of likely N-dealkylation sites (N-methyl/N-ethyl adjacent to an activating group) is 1. The molecule has 0 aliphatic carbocycles. The SMILES string of the molecule is COC(=O)N(C)CC1CCCO1. The topological polar surface area (TPSA) is 38.8 Å². The van der Waals surface area contributed by atoms with E-state index in [0.717, 1.165) is 19.4 Å². The van der Waals surface area contributed by atoms with Crippen molar-refractivity contribution >= 4 is 6.09 Å². The van der Waals surface area contributed by atoms with Crippen LogP contribution < -0.4 is 0 Å².